The van der Waals surface area contributed by atoms with Crippen molar-refractivity contribution in [3.63, 3.8) is 0 Å². The van der Waals surface area contributed by atoms with Crippen LogP contribution in [0.25, 0.3) is 0 Å². The first-order valence-corrected chi connectivity index (χ1v) is 10.1. The van der Waals surface area contributed by atoms with Crippen LogP contribution in [0.2, 0.25) is 5.02 Å². The number of likely N-dealkylation sites (N-methyl/N-ethyl adjacent to an activating group) is 1. The predicted octanol–water partition coefficient (Wildman–Crippen LogP) is 3.50. The Bertz CT molecular complexity index is 800. The van der Waals surface area contributed by atoms with Gasteiger partial charge in [0.25, 0.3) is 5.91 Å². The molecule has 0 spiro atoms. The standard InChI is InChI=1S/C20H23ClN2O3S/c1-3-22-10-11-23-16-9-6-14(21)12-17(16)27-19(18(24)20(23)25)13-4-7-15(26-2)8-5-13/h4-9,12,18-19,22,24H,3,10-11H2,1-2H3/t18-,19+/m0/s1. The van der Waals surface area contributed by atoms with E-state index in [-0.39, 0.29) is 5.91 Å². The van der Waals surface area contributed by atoms with E-state index in [9.17, 15) is 9.90 Å². The van der Waals surface area contributed by atoms with E-state index < -0.39 is 11.4 Å². The maximum atomic E-state index is 13.1. The van der Waals surface area contributed by atoms with Gasteiger partial charge in [0, 0.05) is 23.0 Å². The number of hydrogen-bond donors (Lipinski definition) is 2. The number of halogens is 1. The third-order valence-electron chi connectivity index (χ3n) is 4.48. The molecule has 0 unspecified atom stereocenters. The third-order valence-corrected chi connectivity index (χ3v) is 6.08. The van der Waals surface area contributed by atoms with Gasteiger partial charge in [-0.15, -0.1) is 11.8 Å². The van der Waals surface area contributed by atoms with E-state index in [2.05, 4.69) is 5.32 Å². The van der Waals surface area contributed by atoms with E-state index >= 15 is 0 Å². The summed E-state index contributed by atoms with van der Waals surface area (Å²) in [4.78, 5) is 15.6. The molecule has 1 amide bonds. The van der Waals surface area contributed by atoms with E-state index in [4.69, 9.17) is 16.3 Å². The summed E-state index contributed by atoms with van der Waals surface area (Å²) in [5.41, 5.74) is 1.64. The Morgan fingerprint density at radius 2 is 2.00 bits per heavy atom. The molecular formula is C20H23ClN2O3S. The molecule has 2 aromatic carbocycles. The van der Waals surface area contributed by atoms with Crippen molar-refractivity contribution in [1.82, 2.24) is 5.32 Å². The molecule has 1 aliphatic rings. The summed E-state index contributed by atoms with van der Waals surface area (Å²) in [6, 6.07) is 12.9. The average molecular weight is 407 g/mol. The molecule has 0 radical (unpaired) electrons. The van der Waals surface area contributed by atoms with Crippen LogP contribution in [0.1, 0.15) is 17.7 Å². The lowest BCUT2D eigenvalue weighted by Gasteiger charge is -2.25. The van der Waals surface area contributed by atoms with Gasteiger partial charge in [-0.25, -0.2) is 0 Å². The Kier molecular flexibility index (Phi) is 6.65. The highest BCUT2D eigenvalue weighted by atomic mass is 35.5. The zero-order chi connectivity index (χ0) is 19.4. The molecule has 2 N–H and O–H groups in total. The Balaban J connectivity index is 1.98. The summed E-state index contributed by atoms with van der Waals surface area (Å²) < 4.78 is 5.20. The van der Waals surface area contributed by atoms with Crippen molar-refractivity contribution in [1.29, 1.82) is 0 Å². The van der Waals surface area contributed by atoms with E-state index in [1.807, 2.05) is 43.3 Å². The molecule has 0 aromatic heterocycles. The molecule has 1 heterocycles. The van der Waals surface area contributed by atoms with Crippen LogP contribution in [-0.2, 0) is 4.79 Å². The molecule has 0 saturated heterocycles. The smallest absolute Gasteiger partial charge is 0.257 e. The fraction of sp³-hybridized carbons (Fsp3) is 0.350. The zero-order valence-electron chi connectivity index (χ0n) is 15.3. The Labute approximate surface area is 168 Å². The van der Waals surface area contributed by atoms with E-state index in [1.54, 1.807) is 18.1 Å². The number of hydrogen-bond acceptors (Lipinski definition) is 5. The largest absolute Gasteiger partial charge is 0.497 e. The number of fused-ring (bicyclic) bond motifs is 1. The normalized spacial score (nSPS) is 19.6. The lowest BCUT2D eigenvalue weighted by Crippen LogP contribution is -2.43. The molecule has 0 fully saturated rings. The van der Waals surface area contributed by atoms with Crippen LogP contribution in [-0.4, -0.2) is 43.9 Å². The van der Waals surface area contributed by atoms with Gasteiger partial charge in [-0.3, -0.25) is 4.79 Å². The minimum absolute atomic E-state index is 0.303. The number of aliphatic hydroxyl groups is 1. The molecule has 3 rings (SSSR count). The monoisotopic (exact) mass is 406 g/mol. The van der Waals surface area contributed by atoms with Crippen LogP contribution in [0.15, 0.2) is 47.4 Å². The van der Waals surface area contributed by atoms with Crippen LogP contribution >= 0.6 is 23.4 Å². The molecule has 1 aliphatic heterocycles. The maximum Gasteiger partial charge on any atom is 0.257 e. The molecule has 7 heteroatoms. The number of rotatable bonds is 6. The second-order valence-electron chi connectivity index (χ2n) is 6.21. The fourth-order valence-electron chi connectivity index (χ4n) is 3.06. The van der Waals surface area contributed by atoms with Gasteiger partial charge >= 0.3 is 0 Å². The molecule has 2 atom stereocenters. The number of nitrogens with one attached hydrogen (secondary N) is 1. The molecule has 0 aliphatic carbocycles. The first kappa shape index (κ1) is 20.0. The van der Waals surface area contributed by atoms with Crippen LogP contribution in [0.5, 0.6) is 5.75 Å². The summed E-state index contributed by atoms with van der Waals surface area (Å²) in [5, 5.41) is 14.3. The molecule has 27 heavy (non-hydrogen) atoms. The quantitative estimate of drug-likeness (QED) is 0.719. The topological polar surface area (TPSA) is 61.8 Å². The van der Waals surface area contributed by atoms with Crippen LogP contribution in [0, 0.1) is 0 Å². The Morgan fingerprint density at radius 1 is 1.26 bits per heavy atom. The van der Waals surface area contributed by atoms with Gasteiger partial charge < -0.3 is 20.1 Å². The molecule has 2 aromatic rings. The molecule has 144 valence electrons. The van der Waals surface area contributed by atoms with Crippen LogP contribution < -0.4 is 15.0 Å². The molecular weight excluding hydrogens is 384 g/mol. The molecule has 0 bridgehead atoms. The van der Waals surface area contributed by atoms with Gasteiger partial charge in [0.1, 0.15) is 11.9 Å². The highest BCUT2D eigenvalue weighted by molar-refractivity contribution is 7.99. The number of ether oxygens (including phenoxy) is 1. The van der Waals surface area contributed by atoms with E-state index in [0.717, 1.165) is 28.4 Å². The molecule has 0 saturated carbocycles. The van der Waals surface area contributed by atoms with Gasteiger partial charge in [-0.2, -0.15) is 0 Å². The van der Waals surface area contributed by atoms with Gasteiger partial charge in [0.15, 0.2) is 0 Å². The summed E-state index contributed by atoms with van der Waals surface area (Å²) in [6.45, 7) is 3.97. The second-order valence-corrected chi connectivity index (χ2v) is 7.83. The lowest BCUT2D eigenvalue weighted by atomic mass is 10.1. The van der Waals surface area contributed by atoms with Gasteiger partial charge in [0.05, 0.1) is 18.0 Å². The van der Waals surface area contributed by atoms with Gasteiger partial charge in [-0.1, -0.05) is 30.7 Å². The number of thioether (sulfide) groups is 1. The minimum Gasteiger partial charge on any atom is -0.497 e. The summed E-state index contributed by atoms with van der Waals surface area (Å²) >= 11 is 7.66. The Morgan fingerprint density at radius 3 is 2.67 bits per heavy atom. The Hall–Kier alpha value is -1.73. The second kappa shape index (κ2) is 8.97. The van der Waals surface area contributed by atoms with Crippen molar-refractivity contribution in [2.24, 2.45) is 0 Å². The van der Waals surface area contributed by atoms with Crippen molar-refractivity contribution in [3.8, 4) is 5.75 Å². The first-order chi connectivity index (χ1) is 13.0. The lowest BCUT2D eigenvalue weighted by molar-refractivity contribution is -0.126. The number of amides is 1. The predicted molar refractivity (Wildman–Crippen MR) is 110 cm³/mol. The van der Waals surface area contributed by atoms with Crippen LogP contribution in [0.3, 0.4) is 0 Å². The van der Waals surface area contributed by atoms with Crippen molar-refractivity contribution in [2.45, 2.75) is 23.2 Å². The van der Waals surface area contributed by atoms with Gasteiger partial charge in [-0.05, 0) is 42.4 Å². The SMILES string of the molecule is CCNCCN1C(=O)[C@@H](O)[C@@H](c2ccc(OC)cc2)Sc2cc(Cl)ccc21. The van der Waals surface area contributed by atoms with E-state index in [1.165, 1.54) is 11.8 Å². The van der Waals surface area contributed by atoms with Crippen molar-refractivity contribution >= 4 is 35.0 Å². The van der Waals surface area contributed by atoms with Crippen molar-refractivity contribution in [2.75, 3.05) is 31.6 Å². The average Bonchev–Trinajstić information content (AvgIpc) is 2.78. The van der Waals surface area contributed by atoms with E-state index in [0.29, 0.717) is 18.1 Å². The zero-order valence-corrected chi connectivity index (χ0v) is 16.9. The highest BCUT2D eigenvalue weighted by Gasteiger charge is 2.37. The van der Waals surface area contributed by atoms with Crippen molar-refractivity contribution in [3.05, 3.63) is 53.1 Å². The summed E-state index contributed by atoms with van der Waals surface area (Å²) in [5.74, 6) is 0.427. The van der Waals surface area contributed by atoms with Crippen LogP contribution in [0.4, 0.5) is 5.69 Å². The fourth-order valence-corrected chi connectivity index (χ4v) is 4.60. The van der Waals surface area contributed by atoms with Gasteiger partial charge in [0.2, 0.25) is 0 Å². The maximum absolute atomic E-state index is 13.1. The van der Waals surface area contributed by atoms with Crippen molar-refractivity contribution < 1.29 is 14.6 Å². The third kappa shape index (κ3) is 4.41. The first-order valence-electron chi connectivity index (χ1n) is 8.85. The number of carbonyl (C=O) groups excluding carboxylic acids is 1. The minimum atomic E-state index is -1.16. The number of methoxy groups -OCH3 is 1. The number of benzene rings is 2. The number of anilines is 1. The highest BCUT2D eigenvalue weighted by Crippen LogP contribution is 2.46. The number of aliphatic hydroxyl groups excluding tert-OH is 1. The number of nitrogens with zero attached hydrogens (tertiary/aromatic N) is 1. The number of carbonyl (C=O) groups is 1. The molecule has 5 nitrogen and oxygen atoms in total. The summed E-state index contributed by atoms with van der Waals surface area (Å²) in [7, 11) is 1.61. The summed E-state index contributed by atoms with van der Waals surface area (Å²) in [6.07, 6.45) is -1.16.